The molecule has 1 unspecified atom stereocenters. The molecule has 0 amide bonds. The molecule has 17 heavy (non-hydrogen) atoms. The zero-order chi connectivity index (χ0) is 12.8. The van der Waals surface area contributed by atoms with Crippen LogP contribution in [0.3, 0.4) is 0 Å². The predicted molar refractivity (Wildman–Crippen MR) is 70.2 cm³/mol. The predicted octanol–water partition coefficient (Wildman–Crippen LogP) is 2.45. The van der Waals surface area contributed by atoms with Crippen LogP contribution in [0, 0.1) is 0 Å². The smallest absolute Gasteiger partial charge is 0.242 e. The van der Waals surface area contributed by atoms with Crippen molar-refractivity contribution in [2.24, 2.45) is 0 Å². The first-order chi connectivity index (χ1) is 8.04. The minimum atomic E-state index is 0.0492. The fourth-order valence-electron chi connectivity index (χ4n) is 1.55. The Bertz CT molecular complexity index is 354. The number of hydrogen-bond acceptors (Lipinski definition) is 5. The van der Waals surface area contributed by atoms with E-state index in [1.54, 1.807) is 0 Å². The van der Waals surface area contributed by atoms with Gasteiger partial charge in [0.2, 0.25) is 5.88 Å². The molecule has 0 fully saturated rings. The lowest BCUT2D eigenvalue weighted by Crippen LogP contribution is -2.18. The van der Waals surface area contributed by atoms with Gasteiger partial charge in [-0.3, -0.25) is 0 Å². The molecule has 3 N–H and O–H groups in total. The molecule has 1 rings (SSSR count). The minimum absolute atomic E-state index is 0.0492. The third-order valence-electron chi connectivity index (χ3n) is 2.30. The average Bonchev–Trinajstić information content (AvgIpc) is 2.23. The molecule has 96 valence electrons. The Morgan fingerprint density at radius 3 is 2.65 bits per heavy atom. The van der Waals surface area contributed by atoms with Gasteiger partial charge in [-0.15, -0.1) is 0 Å². The van der Waals surface area contributed by atoms with E-state index in [9.17, 15) is 0 Å². The largest absolute Gasteiger partial charge is 0.473 e. The quantitative estimate of drug-likeness (QED) is 0.796. The molecule has 0 bridgehead atoms. The summed E-state index contributed by atoms with van der Waals surface area (Å²) in [4.78, 5) is 8.18. The maximum Gasteiger partial charge on any atom is 0.242 e. The number of nitrogen functional groups attached to an aromatic ring is 1. The second kappa shape index (κ2) is 6.27. The number of ether oxygens (including phenoxy) is 1. The molecule has 5 nitrogen and oxygen atoms in total. The number of aromatic nitrogens is 2. The van der Waals surface area contributed by atoms with Crippen LogP contribution in [-0.2, 0) is 0 Å². The normalized spacial score (nSPS) is 12.5. The molecule has 1 atom stereocenters. The first kappa shape index (κ1) is 13.5. The summed E-state index contributed by atoms with van der Waals surface area (Å²) in [6, 6.07) is 0.337. The van der Waals surface area contributed by atoms with Crippen molar-refractivity contribution in [1.29, 1.82) is 0 Å². The number of nitrogens with one attached hydrogen (secondary N) is 1. The summed E-state index contributed by atoms with van der Waals surface area (Å²) in [5.41, 5.74) is 6.44. The molecule has 0 radical (unpaired) electrons. The number of rotatable bonds is 6. The molecule has 1 heterocycles. The maximum absolute atomic E-state index is 5.96. The molecule has 0 aliphatic heterocycles. The van der Waals surface area contributed by atoms with Crippen LogP contribution in [0.4, 0.5) is 11.5 Å². The SMILES string of the molecule is CCCC(C)Nc1ncnc(OC(C)C)c1N. The molecule has 0 aliphatic carbocycles. The summed E-state index contributed by atoms with van der Waals surface area (Å²) >= 11 is 0. The lowest BCUT2D eigenvalue weighted by molar-refractivity contribution is 0.234. The molecule has 5 heteroatoms. The topological polar surface area (TPSA) is 73.1 Å². The van der Waals surface area contributed by atoms with Crippen molar-refractivity contribution in [3.8, 4) is 5.88 Å². The standard InChI is InChI=1S/C12H22N4O/c1-5-6-9(4)16-11-10(13)12(15-7-14-11)17-8(2)3/h7-9H,5-6,13H2,1-4H3,(H,14,15,16). The zero-order valence-electron chi connectivity index (χ0n) is 11.0. The van der Waals surface area contributed by atoms with Gasteiger partial charge in [-0.1, -0.05) is 13.3 Å². The number of nitrogens with zero attached hydrogens (tertiary/aromatic N) is 2. The first-order valence-corrected chi connectivity index (χ1v) is 6.08. The van der Waals surface area contributed by atoms with E-state index >= 15 is 0 Å². The van der Waals surface area contributed by atoms with Gasteiger partial charge >= 0.3 is 0 Å². The summed E-state index contributed by atoms with van der Waals surface area (Å²) in [6.07, 6.45) is 3.71. The van der Waals surface area contributed by atoms with E-state index in [1.165, 1.54) is 6.33 Å². The Kier molecular flexibility index (Phi) is 5.00. The van der Waals surface area contributed by atoms with E-state index in [-0.39, 0.29) is 6.10 Å². The Balaban J connectivity index is 2.79. The molecular formula is C12H22N4O. The molecular weight excluding hydrogens is 216 g/mol. The number of nitrogens with two attached hydrogens (primary N) is 1. The van der Waals surface area contributed by atoms with Gasteiger partial charge in [0.25, 0.3) is 0 Å². The summed E-state index contributed by atoms with van der Waals surface area (Å²) in [5, 5.41) is 3.27. The summed E-state index contributed by atoms with van der Waals surface area (Å²) < 4.78 is 5.51. The van der Waals surface area contributed by atoms with E-state index < -0.39 is 0 Å². The minimum Gasteiger partial charge on any atom is -0.473 e. The van der Waals surface area contributed by atoms with E-state index in [0.29, 0.717) is 23.4 Å². The van der Waals surface area contributed by atoms with E-state index in [0.717, 1.165) is 12.8 Å². The highest BCUT2D eigenvalue weighted by Crippen LogP contribution is 2.26. The molecule has 0 saturated carbocycles. The second-order valence-corrected chi connectivity index (χ2v) is 4.44. The monoisotopic (exact) mass is 238 g/mol. The lowest BCUT2D eigenvalue weighted by atomic mass is 10.2. The average molecular weight is 238 g/mol. The van der Waals surface area contributed by atoms with Gasteiger partial charge in [-0.25, -0.2) is 4.98 Å². The maximum atomic E-state index is 5.96. The van der Waals surface area contributed by atoms with Crippen LogP contribution in [0.2, 0.25) is 0 Å². The van der Waals surface area contributed by atoms with E-state index in [4.69, 9.17) is 10.5 Å². The van der Waals surface area contributed by atoms with Crippen LogP contribution in [-0.4, -0.2) is 22.1 Å². The summed E-state index contributed by atoms with van der Waals surface area (Å²) in [5.74, 6) is 1.10. The van der Waals surface area contributed by atoms with Gasteiger partial charge in [0.1, 0.15) is 12.0 Å². The lowest BCUT2D eigenvalue weighted by Gasteiger charge is -2.17. The van der Waals surface area contributed by atoms with Crippen LogP contribution in [0.15, 0.2) is 6.33 Å². The van der Waals surface area contributed by atoms with Crippen molar-refractivity contribution >= 4 is 11.5 Å². The molecule has 0 aromatic carbocycles. The van der Waals surface area contributed by atoms with Crippen molar-refractivity contribution in [2.45, 2.75) is 52.7 Å². The van der Waals surface area contributed by atoms with Gasteiger partial charge in [0.15, 0.2) is 5.82 Å². The van der Waals surface area contributed by atoms with Crippen molar-refractivity contribution in [3.05, 3.63) is 6.33 Å². The van der Waals surface area contributed by atoms with E-state index in [2.05, 4.69) is 29.1 Å². The molecule has 0 saturated heterocycles. The van der Waals surface area contributed by atoms with Crippen LogP contribution in [0.5, 0.6) is 5.88 Å². The highest BCUT2D eigenvalue weighted by Gasteiger charge is 2.12. The van der Waals surface area contributed by atoms with Crippen LogP contribution >= 0.6 is 0 Å². The highest BCUT2D eigenvalue weighted by atomic mass is 16.5. The number of anilines is 2. The molecule has 0 spiro atoms. The number of hydrogen-bond donors (Lipinski definition) is 2. The first-order valence-electron chi connectivity index (χ1n) is 6.08. The van der Waals surface area contributed by atoms with Crippen LogP contribution < -0.4 is 15.8 Å². The third-order valence-corrected chi connectivity index (χ3v) is 2.30. The fourth-order valence-corrected chi connectivity index (χ4v) is 1.55. The van der Waals surface area contributed by atoms with E-state index in [1.807, 2.05) is 13.8 Å². The highest BCUT2D eigenvalue weighted by molar-refractivity contribution is 5.66. The van der Waals surface area contributed by atoms with Crippen molar-refractivity contribution in [3.63, 3.8) is 0 Å². The molecule has 0 aliphatic rings. The second-order valence-electron chi connectivity index (χ2n) is 4.44. The Morgan fingerprint density at radius 1 is 1.35 bits per heavy atom. The molecule has 1 aromatic rings. The molecule has 1 aromatic heterocycles. The van der Waals surface area contributed by atoms with Crippen molar-refractivity contribution in [1.82, 2.24) is 9.97 Å². The summed E-state index contributed by atoms with van der Waals surface area (Å²) in [6.45, 7) is 8.13. The van der Waals surface area contributed by atoms with Gasteiger partial charge in [-0.2, -0.15) is 4.98 Å². The van der Waals surface area contributed by atoms with Gasteiger partial charge in [0.05, 0.1) is 6.10 Å². The Morgan fingerprint density at radius 2 is 2.06 bits per heavy atom. The zero-order valence-corrected chi connectivity index (χ0v) is 11.0. The van der Waals surface area contributed by atoms with Crippen LogP contribution in [0.1, 0.15) is 40.5 Å². The van der Waals surface area contributed by atoms with Gasteiger partial charge < -0.3 is 15.8 Å². The van der Waals surface area contributed by atoms with Gasteiger partial charge in [-0.05, 0) is 27.2 Å². The fraction of sp³-hybridized carbons (Fsp3) is 0.667. The Hall–Kier alpha value is -1.52. The summed E-state index contributed by atoms with van der Waals surface area (Å²) in [7, 11) is 0. The van der Waals surface area contributed by atoms with Gasteiger partial charge in [0, 0.05) is 6.04 Å². The van der Waals surface area contributed by atoms with Crippen molar-refractivity contribution in [2.75, 3.05) is 11.1 Å². The third kappa shape index (κ3) is 4.09. The Labute approximate surface area is 103 Å². The van der Waals surface area contributed by atoms with Crippen LogP contribution in [0.25, 0.3) is 0 Å². The van der Waals surface area contributed by atoms with Crippen molar-refractivity contribution < 1.29 is 4.74 Å².